The van der Waals surface area contributed by atoms with Crippen molar-refractivity contribution in [2.24, 2.45) is 5.92 Å². The summed E-state index contributed by atoms with van der Waals surface area (Å²) in [6, 6.07) is 9.56. The number of esters is 1. The van der Waals surface area contributed by atoms with Gasteiger partial charge in [-0.3, -0.25) is 4.79 Å². The van der Waals surface area contributed by atoms with E-state index >= 15 is 0 Å². The predicted octanol–water partition coefficient (Wildman–Crippen LogP) is 2.97. The first-order valence-corrected chi connectivity index (χ1v) is 7.20. The number of rotatable bonds is 6. The van der Waals surface area contributed by atoms with Crippen molar-refractivity contribution in [1.82, 2.24) is 0 Å². The van der Waals surface area contributed by atoms with E-state index in [2.05, 4.69) is 0 Å². The van der Waals surface area contributed by atoms with E-state index in [0.717, 1.165) is 5.56 Å². The molecule has 1 aromatic rings. The van der Waals surface area contributed by atoms with E-state index in [1.807, 2.05) is 44.2 Å². The Bertz CT molecular complexity index is 557. The fraction of sp³-hybridized carbons (Fsp3) is 0.412. The van der Waals surface area contributed by atoms with Crippen LogP contribution in [-0.2, 0) is 20.7 Å². The number of carbonyl (C=O) groups excluding carboxylic acids is 2. The zero-order chi connectivity index (χ0) is 15.4. The first-order valence-electron chi connectivity index (χ1n) is 7.20. The molecule has 4 nitrogen and oxygen atoms in total. The molecule has 1 unspecified atom stereocenters. The number of hydrogen-bond acceptors (Lipinski definition) is 4. The van der Waals surface area contributed by atoms with E-state index in [4.69, 9.17) is 4.74 Å². The number of cyclic esters (lactones) is 1. The third-order valence-electron chi connectivity index (χ3n) is 3.46. The molecule has 0 radical (unpaired) electrons. The number of aliphatic hydroxyl groups excluding tert-OH is 1. The second-order valence-corrected chi connectivity index (χ2v) is 5.69. The summed E-state index contributed by atoms with van der Waals surface area (Å²) in [5.41, 5.74) is 0.854. The van der Waals surface area contributed by atoms with Gasteiger partial charge >= 0.3 is 5.97 Å². The molecule has 1 atom stereocenters. The summed E-state index contributed by atoms with van der Waals surface area (Å²) in [4.78, 5) is 23.9. The highest BCUT2D eigenvalue weighted by molar-refractivity contribution is 6.19. The molecule has 0 aliphatic carbocycles. The summed E-state index contributed by atoms with van der Waals surface area (Å²) >= 11 is 0. The predicted molar refractivity (Wildman–Crippen MR) is 78.8 cm³/mol. The van der Waals surface area contributed by atoms with Crippen LogP contribution >= 0.6 is 0 Å². The maximum Gasteiger partial charge on any atom is 0.346 e. The molecule has 0 aromatic heterocycles. The summed E-state index contributed by atoms with van der Waals surface area (Å²) in [6.07, 6.45) is 0.576. The molecular formula is C17H20O4. The lowest BCUT2D eigenvalue weighted by molar-refractivity contribution is -0.141. The molecule has 1 aromatic carbocycles. The van der Waals surface area contributed by atoms with Gasteiger partial charge < -0.3 is 9.84 Å². The molecule has 1 N–H and O–H groups in total. The molecule has 1 aliphatic heterocycles. The van der Waals surface area contributed by atoms with E-state index in [-0.39, 0.29) is 29.5 Å². The van der Waals surface area contributed by atoms with Gasteiger partial charge in [-0.1, -0.05) is 44.2 Å². The first-order chi connectivity index (χ1) is 9.99. The van der Waals surface area contributed by atoms with Crippen LogP contribution in [0.4, 0.5) is 0 Å². The van der Waals surface area contributed by atoms with Crippen molar-refractivity contribution in [3.8, 4) is 0 Å². The van der Waals surface area contributed by atoms with Crippen LogP contribution in [0, 0.1) is 5.92 Å². The van der Waals surface area contributed by atoms with Crippen molar-refractivity contribution in [2.45, 2.75) is 39.2 Å². The van der Waals surface area contributed by atoms with E-state index in [1.165, 1.54) is 0 Å². The molecule has 112 valence electrons. The SMILES string of the molecule is CC(C)CC1OC(=O)C(C(=O)CCc2ccccc2)=C1O. The van der Waals surface area contributed by atoms with Crippen LogP contribution in [0.5, 0.6) is 0 Å². The number of aryl methyl sites for hydroxylation is 1. The number of Topliss-reactive ketones (excluding diaryl/α,β-unsaturated/α-hetero) is 1. The van der Waals surface area contributed by atoms with Crippen LogP contribution in [-0.4, -0.2) is 23.0 Å². The van der Waals surface area contributed by atoms with Crippen LogP contribution in [0.2, 0.25) is 0 Å². The minimum Gasteiger partial charge on any atom is -0.507 e. The Kier molecular flexibility index (Phi) is 4.78. The van der Waals surface area contributed by atoms with Gasteiger partial charge in [0, 0.05) is 6.42 Å². The van der Waals surface area contributed by atoms with Gasteiger partial charge in [-0.15, -0.1) is 0 Å². The first kappa shape index (κ1) is 15.3. The van der Waals surface area contributed by atoms with Crippen LogP contribution in [0.15, 0.2) is 41.7 Å². The highest BCUT2D eigenvalue weighted by Crippen LogP contribution is 2.27. The number of ketones is 1. The topological polar surface area (TPSA) is 63.6 Å². The van der Waals surface area contributed by atoms with Crippen molar-refractivity contribution < 1.29 is 19.4 Å². The maximum atomic E-state index is 12.2. The molecular weight excluding hydrogens is 268 g/mol. The van der Waals surface area contributed by atoms with Gasteiger partial charge in [0.15, 0.2) is 17.6 Å². The standard InChI is InChI=1S/C17H20O4/c1-11(2)10-14-16(19)15(17(20)21-14)13(18)9-8-12-6-4-3-5-7-12/h3-7,11,14,19H,8-10H2,1-2H3. The van der Waals surface area contributed by atoms with Crippen LogP contribution < -0.4 is 0 Å². The maximum absolute atomic E-state index is 12.2. The second-order valence-electron chi connectivity index (χ2n) is 5.69. The highest BCUT2D eigenvalue weighted by Gasteiger charge is 2.37. The molecule has 0 fully saturated rings. The second kappa shape index (κ2) is 6.57. The number of benzene rings is 1. The summed E-state index contributed by atoms with van der Waals surface area (Å²) in [5.74, 6) is -0.987. The summed E-state index contributed by atoms with van der Waals surface area (Å²) in [7, 11) is 0. The van der Waals surface area contributed by atoms with Gasteiger partial charge in [0.05, 0.1) is 0 Å². The smallest absolute Gasteiger partial charge is 0.346 e. The molecule has 0 amide bonds. The Hall–Kier alpha value is -2.10. The molecule has 0 bridgehead atoms. The van der Waals surface area contributed by atoms with E-state index in [9.17, 15) is 14.7 Å². The average Bonchev–Trinajstić information content (AvgIpc) is 2.71. The molecule has 4 heteroatoms. The molecule has 0 saturated carbocycles. The number of carbonyl (C=O) groups is 2. The minimum atomic E-state index is -0.698. The lowest BCUT2D eigenvalue weighted by atomic mass is 9.99. The van der Waals surface area contributed by atoms with Crippen molar-refractivity contribution >= 4 is 11.8 Å². The number of aliphatic hydroxyl groups is 1. The van der Waals surface area contributed by atoms with Gasteiger partial charge in [-0.25, -0.2) is 4.79 Å². The van der Waals surface area contributed by atoms with Crippen LogP contribution in [0.1, 0.15) is 32.3 Å². The third kappa shape index (κ3) is 3.72. The Morgan fingerprint density at radius 3 is 2.57 bits per heavy atom. The van der Waals surface area contributed by atoms with Gasteiger partial charge in [0.1, 0.15) is 5.57 Å². The van der Waals surface area contributed by atoms with Gasteiger partial charge in [0.2, 0.25) is 0 Å². The zero-order valence-electron chi connectivity index (χ0n) is 12.3. The summed E-state index contributed by atoms with van der Waals surface area (Å²) < 4.78 is 5.09. The number of hydrogen-bond donors (Lipinski definition) is 1. The van der Waals surface area contributed by atoms with Gasteiger partial charge in [-0.05, 0) is 24.3 Å². The fourth-order valence-corrected chi connectivity index (χ4v) is 2.38. The molecule has 21 heavy (non-hydrogen) atoms. The van der Waals surface area contributed by atoms with Gasteiger partial charge in [-0.2, -0.15) is 0 Å². The fourth-order valence-electron chi connectivity index (χ4n) is 2.38. The van der Waals surface area contributed by atoms with Crippen molar-refractivity contribution in [3.63, 3.8) is 0 Å². The molecule has 0 spiro atoms. The molecule has 1 aliphatic rings. The summed E-state index contributed by atoms with van der Waals surface area (Å²) in [5, 5.41) is 10.0. The Morgan fingerprint density at radius 2 is 1.95 bits per heavy atom. The summed E-state index contributed by atoms with van der Waals surface area (Å²) in [6.45, 7) is 3.94. The van der Waals surface area contributed by atoms with E-state index < -0.39 is 12.1 Å². The van der Waals surface area contributed by atoms with Crippen molar-refractivity contribution in [2.75, 3.05) is 0 Å². The molecule has 0 saturated heterocycles. The lowest BCUT2D eigenvalue weighted by Crippen LogP contribution is -2.14. The largest absolute Gasteiger partial charge is 0.507 e. The van der Waals surface area contributed by atoms with E-state index in [0.29, 0.717) is 12.8 Å². The Labute approximate surface area is 124 Å². The Morgan fingerprint density at radius 1 is 1.29 bits per heavy atom. The molecule has 1 heterocycles. The van der Waals surface area contributed by atoms with Crippen LogP contribution in [0.3, 0.4) is 0 Å². The van der Waals surface area contributed by atoms with E-state index in [1.54, 1.807) is 0 Å². The minimum absolute atomic E-state index is 0.170. The normalized spacial score (nSPS) is 18.2. The zero-order valence-corrected chi connectivity index (χ0v) is 12.3. The van der Waals surface area contributed by atoms with Crippen molar-refractivity contribution in [3.05, 3.63) is 47.2 Å². The molecule has 2 rings (SSSR count). The lowest BCUT2D eigenvalue weighted by Gasteiger charge is -2.11. The third-order valence-corrected chi connectivity index (χ3v) is 3.46. The number of ether oxygens (including phenoxy) is 1. The Balaban J connectivity index is 2.03. The monoisotopic (exact) mass is 288 g/mol. The average molecular weight is 288 g/mol. The quantitative estimate of drug-likeness (QED) is 0.645. The van der Waals surface area contributed by atoms with Crippen molar-refractivity contribution in [1.29, 1.82) is 0 Å². The van der Waals surface area contributed by atoms with Gasteiger partial charge in [0.25, 0.3) is 0 Å². The van der Waals surface area contributed by atoms with Crippen LogP contribution in [0.25, 0.3) is 0 Å². The highest BCUT2D eigenvalue weighted by atomic mass is 16.6.